The van der Waals surface area contributed by atoms with Gasteiger partial charge in [0.1, 0.15) is 0 Å². The highest BCUT2D eigenvalue weighted by Crippen LogP contribution is 2.19. The number of aryl methyl sites for hydroxylation is 1. The Kier molecular flexibility index (Phi) is 2.46. The van der Waals surface area contributed by atoms with E-state index in [0.717, 1.165) is 23.5 Å². The Balaban J connectivity index is 2.58. The van der Waals surface area contributed by atoms with E-state index in [4.69, 9.17) is 5.73 Å². The van der Waals surface area contributed by atoms with Crippen molar-refractivity contribution in [3.05, 3.63) is 41.7 Å². The van der Waals surface area contributed by atoms with E-state index in [9.17, 15) is 0 Å². The molecule has 0 aliphatic heterocycles. The first-order chi connectivity index (χ1) is 7.24. The first kappa shape index (κ1) is 9.77. The van der Waals surface area contributed by atoms with Crippen LogP contribution in [0, 0.1) is 6.92 Å². The lowest BCUT2D eigenvalue weighted by atomic mass is 10.1. The van der Waals surface area contributed by atoms with Gasteiger partial charge in [0.2, 0.25) is 0 Å². The van der Waals surface area contributed by atoms with Gasteiger partial charge in [-0.15, -0.1) is 0 Å². The lowest BCUT2D eigenvalue weighted by Crippen LogP contribution is -2.03. The molecule has 2 aromatic rings. The fourth-order valence-electron chi connectivity index (χ4n) is 1.68. The van der Waals surface area contributed by atoms with Gasteiger partial charge in [0.25, 0.3) is 0 Å². The minimum absolute atomic E-state index is 0.737. The van der Waals surface area contributed by atoms with Crippen LogP contribution in [0.3, 0.4) is 0 Å². The van der Waals surface area contributed by atoms with Crippen molar-refractivity contribution in [2.75, 3.05) is 5.73 Å². The second-order valence-corrected chi connectivity index (χ2v) is 3.58. The second kappa shape index (κ2) is 3.77. The summed E-state index contributed by atoms with van der Waals surface area (Å²) in [5.41, 5.74) is 9.92. The van der Waals surface area contributed by atoms with Crippen LogP contribution < -0.4 is 5.73 Å². The lowest BCUT2D eigenvalue weighted by Gasteiger charge is -2.09. The molecule has 1 aromatic heterocycles. The van der Waals surface area contributed by atoms with Gasteiger partial charge in [-0.05, 0) is 25.0 Å². The summed E-state index contributed by atoms with van der Waals surface area (Å²) in [4.78, 5) is 0. The average molecular weight is 201 g/mol. The third-order valence-corrected chi connectivity index (χ3v) is 2.65. The molecule has 0 radical (unpaired) electrons. The smallest absolute Gasteiger partial charge is 0.0734 e. The quantitative estimate of drug-likeness (QED) is 0.810. The van der Waals surface area contributed by atoms with Gasteiger partial charge in [0, 0.05) is 0 Å². The van der Waals surface area contributed by atoms with E-state index in [1.807, 2.05) is 23.7 Å². The van der Waals surface area contributed by atoms with Gasteiger partial charge >= 0.3 is 0 Å². The molecule has 0 fully saturated rings. The largest absolute Gasteiger partial charge is 0.396 e. The van der Waals surface area contributed by atoms with Crippen LogP contribution in [0.15, 0.2) is 30.5 Å². The van der Waals surface area contributed by atoms with Crippen molar-refractivity contribution in [2.45, 2.75) is 20.3 Å². The van der Waals surface area contributed by atoms with Crippen molar-refractivity contribution in [3.8, 4) is 5.69 Å². The summed E-state index contributed by atoms with van der Waals surface area (Å²) in [5.74, 6) is 0. The minimum atomic E-state index is 0.737. The molecule has 0 saturated heterocycles. The number of hydrogen-bond acceptors (Lipinski definition) is 2. The number of anilines is 1. The number of aromatic nitrogens is 2. The maximum Gasteiger partial charge on any atom is 0.0734 e. The van der Waals surface area contributed by atoms with Gasteiger partial charge in [0.15, 0.2) is 0 Å². The third-order valence-electron chi connectivity index (χ3n) is 2.65. The summed E-state index contributed by atoms with van der Waals surface area (Å²) in [6.07, 6.45) is 2.69. The Morgan fingerprint density at radius 1 is 1.33 bits per heavy atom. The molecule has 3 heteroatoms. The highest BCUT2D eigenvalue weighted by Gasteiger charge is 2.07. The molecule has 0 aliphatic carbocycles. The molecule has 1 aromatic carbocycles. The fraction of sp³-hybridized carbons (Fsp3) is 0.250. The molecule has 0 amide bonds. The summed E-state index contributed by atoms with van der Waals surface area (Å²) in [6.45, 7) is 4.12. The SMILES string of the molecule is CCc1ccccc1-n1ncc(N)c1C. The zero-order valence-corrected chi connectivity index (χ0v) is 9.07. The van der Waals surface area contributed by atoms with Crippen LogP contribution in [0.4, 0.5) is 5.69 Å². The monoisotopic (exact) mass is 201 g/mol. The Morgan fingerprint density at radius 3 is 2.67 bits per heavy atom. The zero-order chi connectivity index (χ0) is 10.8. The van der Waals surface area contributed by atoms with E-state index in [-0.39, 0.29) is 0 Å². The number of para-hydroxylation sites is 1. The standard InChI is InChI=1S/C12H15N3/c1-3-10-6-4-5-7-12(10)15-9(2)11(13)8-14-15/h4-8H,3,13H2,1-2H3. The molecule has 0 aliphatic rings. The minimum Gasteiger partial charge on any atom is -0.396 e. The molecule has 0 saturated carbocycles. The molecule has 2 rings (SSSR count). The summed E-state index contributed by atoms with van der Waals surface area (Å²) < 4.78 is 1.90. The van der Waals surface area contributed by atoms with Crippen molar-refractivity contribution in [1.82, 2.24) is 9.78 Å². The van der Waals surface area contributed by atoms with Gasteiger partial charge in [-0.2, -0.15) is 5.10 Å². The van der Waals surface area contributed by atoms with E-state index in [0.29, 0.717) is 0 Å². The van der Waals surface area contributed by atoms with Crippen molar-refractivity contribution in [3.63, 3.8) is 0 Å². The van der Waals surface area contributed by atoms with Crippen LogP contribution in [0.1, 0.15) is 18.2 Å². The van der Waals surface area contributed by atoms with E-state index >= 15 is 0 Å². The highest BCUT2D eigenvalue weighted by molar-refractivity contribution is 5.48. The molecular formula is C12H15N3. The Bertz CT molecular complexity index is 471. The van der Waals surface area contributed by atoms with Gasteiger partial charge in [-0.3, -0.25) is 0 Å². The highest BCUT2D eigenvalue weighted by atomic mass is 15.3. The summed E-state index contributed by atoms with van der Waals surface area (Å²) >= 11 is 0. The third kappa shape index (κ3) is 1.61. The molecule has 0 atom stereocenters. The van der Waals surface area contributed by atoms with Crippen LogP contribution in [-0.2, 0) is 6.42 Å². The maximum absolute atomic E-state index is 5.79. The van der Waals surface area contributed by atoms with E-state index in [1.54, 1.807) is 6.20 Å². The number of rotatable bonds is 2. The van der Waals surface area contributed by atoms with Crippen LogP contribution >= 0.6 is 0 Å². The first-order valence-corrected chi connectivity index (χ1v) is 5.12. The number of nitrogens with two attached hydrogens (primary N) is 1. The number of nitrogen functional groups attached to an aromatic ring is 1. The number of hydrogen-bond donors (Lipinski definition) is 1. The molecular weight excluding hydrogens is 186 g/mol. The fourth-order valence-corrected chi connectivity index (χ4v) is 1.68. The number of benzene rings is 1. The molecule has 1 heterocycles. The van der Waals surface area contributed by atoms with Gasteiger partial charge in [0.05, 0.1) is 23.3 Å². The van der Waals surface area contributed by atoms with Crippen molar-refractivity contribution in [1.29, 1.82) is 0 Å². The average Bonchev–Trinajstić information content (AvgIpc) is 2.60. The maximum atomic E-state index is 5.79. The predicted octanol–water partition coefficient (Wildman–Crippen LogP) is 2.33. The van der Waals surface area contributed by atoms with Crippen LogP contribution in [0.5, 0.6) is 0 Å². The molecule has 0 bridgehead atoms. The predicted molar refractivity (Wildman–Crippen MR) is 62.1 cm³/mol. The van der Waals surface area contributed by atoms with Crippen molar-refractivity contribution in [2.24, 2.45) is 0 Å². The van der Waals surface area contributed by atoms with Gasteiger partial charge in [-0.25, -0.2) is 4.68 Å². The van der Waals surface area contributed by atoms with Gasteiger partial charge in [-0.1, -0.05) is 25.1 Å². The molecule has 15 heavy (non-hydrogen) atoms. The molecule has 78 valence electrons. The van der Waals surface area contributed by atoms with Crippen LogP contribution in [0.2, 0.25) is 0 Å². The number of nitrogens with zero attached hydrogens (tertiary/aromatic N) is 2. The van der Waals surface area contributed by atoms with Gasteiger partial charge < -0.3 is 5.73 Å². The van der Waals surface area contributed by atoms with Crippen molar-refractivity contribution >= 4 is 5.69 Å². The normalized spacial score (nSPS) is 10.5. The van der Waals surface area contributed by atoms with Crippen molar-refractivity contribution < 1.29 is 0 Å². The topological polar surface area (TPSA) is 43.8 Å². The lowest BCUT2D eigenvalue weighted by molar-refractivity contribution is 0.833. The Hall–Kier alpha value is -1.77. The zero-order valence-electron chi connectivity index (χ0n) is 9.07. The van der Waals surface area contributed by atoms with E-state index < -0.39 is 0 Å². The molecule has 0 spiro atoms. The molecule has 3 nitrogen and oxygen atoms in total. The molecule has 2 N–H and O–H groups in total. The second-order valence-electron chi connectivity index (χ2n) is 3.58. The van der Waals surface area contributed by atoms with E-state index in [2.05, 4.69) is 24.2 Å². The van der Waals surface area contributed by atoms with Crippen LogP contribution in [-0.4, -0.2) is 9.78 Å². The summed E-state index contributed by atoms with van der Waals surface area (Å²) in [6, 6.07) is 8.25. The Morgan fingerprint density at radius 2 is 2.07 bits per heavy atom. The summed E-state index contributed by atoms with van der Waals surface area (Å²) in [7, 11) is 0. The molecule has 0 unspecified atom stereocenters. The summed E-state index contributed by atoms with van der Waals surface area (Å²) in [5, 5.41) is 4.29. The first-order valence-electron chi connectivity index (χ1n) is 5.12. The van der Waals surface area contributed by atoms with E-state index in [1.165, 1.54) is 5.56 Å². The van der Waals surface area contributed by atoms with Crippen LogP contribution in [0.25, 0.3) is 5.69 Å². The Labute approximate surface area is 89.5 Å².